The van der Waals surface area contributed by atoms with Gasteiger partial charge in [0.2, 0.25) is 16.0 Å². The number of nitrogens with zero attached hydrogens (tertiary/aromatic N) is 3. The highest BCUT2D eigenvalue weighted by molar-refractivity contribution is 7.89. The Bertz CT molecular complexity index is 885. The summed E-state index contributed by atoms with van der Waals surface area (Å²) in [5.74, 6) is -0.0177. The van der Waals surface area contributed by atoms with Gasteiger partial charge in [0.15, 0.2) is 0 Å². The summed E-state index contributed by atoms with van der Waals surface area (Å²) in [5, 5.41) is 2.67. The molecule has 25 heavy (non-hydrogen) atoms. The van der Waals surface area contributed by atoms with Crippen LogP contribution in [-0.2, 0) is 21.8 Å². The molecule has 2 aromatic rings. The summed E-state index contributed by atoms with van der Waals surface area (Å²) in [6.45, 7) is 3.08. The SMILES string of the molecule is Cc1ccc(C(=O)Nc2nccn2C)cc1S(=O)(=O)N1CCOCC1. The molecular weight excluding hydrogens is 344 g/mol. The van der Waals surface area contributed by atoms with Crippen molar-refractivity contribution < 1.29 is 17.9 Å². The topological polar surface area (TPSA) is 93.5 Å². The zero-order valence-electron chi connectivity index (χ0n) is 14.1. The van der Waals surface area contributed by atoms with Gasteiger partial charge in [-0.3, -0.25) is 10.1 Å². The van der Waals surface area contributed by atoms with Crippen molar-refractivity contribution in [3.63, 3.8) is 0 Å². The maximum atomic E-state index is 12.9. The predicted molar refractivity (Wildman–Crippen MR) is 91.9 cm³/mol. The van der Waals surface area contributed by atoms with Gasteiger partial charge in [0.25, 0.3) is 5.91 Å². The van der Waals surface area contributed by atoms with Crippen molar-refractivity contribution >= 4 is 21.9 Å². The minimum Gasteiger partial charge on any atom is -0.379 e. The van der Waals surface area contributed by atoms with E-state index in [0.717, 1.165) is 0 Å². The number of carbonyl (C=O) groups is 1. The van der Waals surface area contributed by atoms with Gasteiger partial charge >= 0.3 is 0 Å². The Hall–Kier alpha value is -2.23. The number of nitrogens with one attached hydrogen (secondary N) is 1. The van der Waals surface area contributed by atoms with Gasteiger partial charge in [-0.1, -0.05) is 6.07 Å². The van der Waals surface area contributed by atoms with Gasteiger partial charge in [0.1, 0.15) is 0 Å². The highest BCUT2D eigenvalue weighted by Gasteiger charge is 2.28. The average molecular weight is 364 g/mol. The summed E-state index contributed by atoms with van der Waals surface area (Å²) in [7, 11) is -1.91. The van der Waals surface area contributed by atoms with Crippen LogP contribution in [0, 0.1) is 6.92 Å². The van der Waals surface area contributed by atoms with Crippen molar-refractivity contribution in [1.29, 1.82) is 0 Å². The first-order chi connectivity index (χ1) is 11.9. The number of imidazole rings is 1. The van der Waals surface area contributed by atoms with Crippen LogP contribution in [0.25, 0.3) is 0 Å². The van der Waals surface area contributed by atoms with E-state index >= 15 is 0 Å². The van der Waals surface area contributed by atoms with E-state index in [9.17, 15) is 13.2 Å². The highest BCUT2D eigenvalue weighted by atomic mass is 32.2. The van der Waals surface area contributed by atoms with Crippen LogP contribution >= 0.6 is 0 Å². The minimum atomic E-state index is -3.67. The van der Waals surface area contributed by atoms with Crippen molar-refractivity contribution in [2.45, 2.75) is 11.8 Å². The minimum absolute atomic E-state index is 0.141. The van der Waals surface area contributed by atoms with Crippen molar-refractivity contribution in [2.24, 2.45) is 7.05 Å². The summed E-state index contributed by atoms with van der Waals surface area (Å²) < 4.78 is 34.0. The molecule has 0 atom stereocenters. The Kier molecular flexibility index (Phi) is 4.89. The maximum Gasteiger partial charge on any atom is 0.258 e. The van der Waals surface area contributed by atoms with Gasteiger partial charge in [0, 0.05) is 38.1 Å². The molecule has 1 N–H and O–H groups in total. The van der Waals surface area contributed by atoms with Crippen LogP contribution in [0.2, 0.25) is 0 Å². The monoisotopic (exact) mass is 364 g/mol. The molecule has 1 aliphatic heterocycles. The molecule has 0 radical (unpaired) electrons. The van der Waals surface area contributed by atoms with Crippen LogP contribution in [0.4, 0.5) is 5.95 Å². The Balaban J connectivity index is 1.90. The first-order valence-corrected chi connectivity index (χ1v) is 9.31. The van der Waals surface area contributed by atoms with Gasteiger partial charge in [-0.15, -0.1) is 0 Å². The number of anilines is 1. The smallest absolute Gasteiger partial charge is 0.258 e. The summed E-state index contributed by atoms with van der Waals surface area (Å²) in [4.78, 5) is 16.6. The number of sulfonamides is 1. The molecule has 0 saturated carbocycles. The zero-order chi connectivity index (χ0) is 18.0. The van der Waals surface area contributed by atoms with E-state index < -0.39 is 15.9 Å². The Labute approximate surface area is 146 Å². The van der Waals surface area contributed by atoms with Crippen LogP contribution < -0.4 is 5.32 Å². The number of benzene rings is 1. The number of morpholine rings is 1. The molecule has 1 aliphatic rings. The number of hydrogen-bond donors (Lipinski definition) is 1. The zero-order valence-corrected chi connectivity index (χ0v) is 14.9. The highest BCUT2D eigenvalue weighted by Crippen LogP contribution is 2.22. The second-order valence-corrected chi connectivity index (χ2v) is 7.72. The number of amides is 1. The van der Waals surface area contributed by atoms with E-state index in [-0.39, 0.29) is 10.5 Å². The molecule has 2 heterocycles. The van der Waals surface area contributed by atoms with Gasteiger partial charge in [-0.25, -0.2) is 13.4 Å². The summed E-state index contributed by atoms with van der Waals surface area (Å²) in [6.07, 6.45) is 3.28. The molecular formula is C16H20N4O4S. The van der Waals surface area contributed by atoms with Crippen LogP contribution in [0.15, 0.2) is 35.5 Å². The number of carbonyl (C=O) groups excluding carboxylic acids is 1. The van der Waals surface area contributed by atoms with Gasteiger partial charge in [0.05, 0.1) is 18.1 Å². The third kappa shape index (κ3) is 3.58. The number of rotatable bonds is 4. The molecule has 0 unspecified atom stereocenters. The number of hydrogen-bond acceptors (Lipinski definition) is 5. The normalized spacial score (nSPS) is 15.9. The second kappa shape index (κ2) is 6.95. The summed E-state index contributed by atoms with van der Waals surface area (Å²) >= 11 is 0. The number of aromatic nitrogens is 2. The fourth-order valence-corrected chi connectivity index (χ4v) is 4.26. The van der Waals surface area contributed by atoms with Crippen molar-refractivity contribution in [3.8, 4) is 0 Å². The molecule has 1 fully saturated rings. The largest absolute Gasteiger partial charge is 0.379 e. The van der Waals surface area contributed by atoms with Crippen molar-refractivity contribution in [2.75, 3.05) is 31.6 Å². The van der Waals surface area contributed by atoms with Crippen LogP contribution in [0.1, 0.15) is 15.9 Å². The lowest BCUT2D eigenvalue weighted by Crippen LogP contribution is -2.40. The summed E-state index contributed by atoms with van der Waals surface area (Å²) in [5.41, 5.74) is 0.862. The lowest BCUT2D eigenvalue weighted by molar-refractivity contribution is 0.0730. The molecule has 0 spiro atoms. The fourth-order valence-electron chi connectivity index (χ4n) is 2.61. The maximum absolute atomic E-state index is 12.9. The molecule has 0 bridgehead atoms. The average Bonchev–Trinajstić information content (AvgIpc) is 3.00. The second-order valence-electron chi connectivity index (χ2n) is 5.81. The molecule has 9 heteroatoms. The lowest BCUT2D eigenvalue weighted by Gasteiger charge is -2.26. The Morgan fingerprint density at radius 2 is 2.00 bits per heavy atom. The standard InChI is InChI=1S/C16H20N4O4S/c1-12-3-4-13(15(21)18-16-17-5-6-19(16)2)11-14(12)25(22,23)20-7-9-24-10-8-20/h3-6,11H,7-10H2,1-2H3,(H,17,18,21). The molecule has 0 aliphatic carbocycles. The van der Waals surface area contributed by atoms with Crippen molar-refractivity contribution in [1.82, 2.24) is 13.9 Å². The first kappa shape index (κ1) is 17.6. The van der Waals surface area contributed by atoms with Crippen molar-refractivity contribution in [3.05, 3.63) is 41.7 Å². The van der Waals surface area contributed by atoms with E-state index in [1.165, 1.54) is 10.4 Å². The quantitative estimate of drug-likeness (QED) is 0.874. The van der Waals surface area contributed by atoms with Crippen LogP contribution in [0.3, 0.4) is 0 Å². The third-order valence-electron chi connectivity index (χ3n) is 4.08. The van der Waals surface area contributed by atoms with Gasteiger partial charge in [-0.05, 0) is 24.6 Å². The van der Waals surface area contributed by atoms with E-state index in [1.54, 1.807) is 43.1 Å². The lowest BCUT2D eigenvalue weighted by atomic mass is 10.1. The Morgan fingerprint density at radius 3 is 2.64 bits per heavy atom. The van der Waals surface area contributed by atoms with Crippen LogP contribution in [-0.4, -0.2) is 54.5 Å². The van der Waals surface area contributed by atoms with E-state index in [4.69, 9.17) is 4.74 Å². The first-order valence-electron chi connectivity index (χ1n) is 7.87. The summed E-state index contributed by atoms with van der Waals surface area (Å²) in [6, 6.07) is 4.66. The molecule has 134 valence electrons. The Morgan fingerprint density at radius 1 is 1.28 bits per heavy atom. The fraction of sp³-hybridized carbons (Fsp3) is 0.375. The number of aryl methyl sites for hydroxylation is 2. The van der Waals surface area contributed by atoms with E-state index in [1.807, 2.05) is 0 Å². The molecule has 1 amide bonds. The predicted octanol–water partition coefficient (Wildman–Crippen LogP) is 1.00. The van der Waals surface area contributed by atoms with Gasteiger partial charge in [-0.2, -0.15) is 4.31 Å². The van der Waals surface area contributed by atoms with E-state index in [0.29, 0.717) is 37.8 Å². The molecule has 1 saturated heterocycles. The third-order valence-corrected chi connectivity index (χ3v) is 6.13. The molecule has 8 nitrogen and oxygen atoms in total. The molecule has 3 rings (SSSR count). The van der Waals surface area contributed by atoms with E-state index in [2.05, 4.69) is 10.3 Å². The molecule has 1 aromatic carbocycles. The molecule has 1 aromatic heterocycles. The van der Waals surface area contributed by atoms with Gasteiger partial charge < -0.3 is 9.30 Å². The van der Waals surface area contributed by atoms with Crippen LogP contribution in [0.5, 0.6) is 0 Å². The number of ether oxygens (including phenoxy) is 1.